The zero-order valence-electron chi connectivity index (χ0n) is 9.58. The third-order valence-corrected chi connectivity index (χ3v) is 3.54. The van der Waals surface area contributed by atoms with Gasteiger partial charge < -0.3 is 5.11 Å². The minimum atomic E-state index is -3.69. The molecule has 2 aromatic rings. The van der Waals surface area contributed by atoms with Gasteiger partial charge in [0.05, 0.1) is 11.5 Å². The summed E-state index contributed by atoms with van der Waals surface area (Å²) in [6, 6.07) is 13.7. The molecule has 5 heteroatoms. The molecule has 0 radical (unpaired) electrons. The van der Waals surface area contributed by atoms with Crippen LogP contribution in [0.2, 0.25) is 0 Å². The quantitative estimate of drug-likeness (QED) is 0.880. The number of rotatable bonds is 3. The van der Waals surface area contributed by atoms with E-state index in [-0.39, 0.29) is 11.5 Å². The predicted molar refractivity (Wildman–Crippen MR) is 69.2 cm³/mol. The van der Waals surface area contributed by atoms with Gasteiger partial charge in [-0.3, -0.25) is 0 Å². The first kappa shape index (κ1) is 12.8. The maximum absolute atomic E-state index is 11.3. The van der Waals surface area contributed by atoms with Gasteiger partial charge in [0.1, 0.15) is 0 Å². The monoisotopic (exact) mass is 263 g/mol. The lowest BCUT2D eigenvalue weighted by molar-refractivity contribution is 0.282. The Morgan fingerprint density at radius 2 is 1.67 bits per heavy atom. The SMILES string of the molecule is NS(=O)(=O)c1cccc(-c2ccc(CO)cc2)c1. The molecule has 0 aromatic heterocycles. The Hall–Kier alpha value is -1.69. The van der Waals surface area contributed by atoms with Gasteiger partial charge in [-0.25, -0.2) is 13.6 Å². The molecule has 0 amide bonds. The Morgan fingerprint density at radius 3 is 2.22 bits per heavy atom. The summed E-state index contributed by atoms with van der Waals surface area (Å²) in [6.07, 6.45) is 0. The van der Waals surface area contributed by atoms with Gasteiger partial charge in [-0.15, -0.1) is 0 Å². The number of sulfonamides is 1. The predicted octanol–water partition coefficient (Wildman–Crippen LogP) is 1.49. The Kier molecular flexibility index (Phi) is 3.47. The van der Waals surface area contributed by atoms with Crippen LogP contribution >= 0.6 is 0 Å². The van der Waals surface area contributed by atoms with Crippen molar-refractivity contribution in [3.8, 4) is 11.1 Å². The number of nitrogens with two attached hydrogens (primary N) is 1. The Balaban J connectivity index is 2.44. The number of aliphatic hydroxyl groups is 1. The van der Waals surface area contributed by atoms with Crippen molar-refractivity contribution in [1.82, 2.24) is 0 Å². The molecule has 0 unspecified atom stereocenters. The molecule has 2 aromatic carbocycles. The lowest BCUT2D eigenvalue weighted by Crippen LogP contribution is -2.11. The number of hydrogen-bond donors (Lipinski definition) is 2. The summed E-state index contributed by atoms with van der Waals surface area (Å²) >= 11 is 0. The number of hydrogen-bond acceptors (Lipinski definition) is 3. The average molecular weight is 263 g/mol. The van der Waals surface area contributed by atoms with Crippen LogP contribution in [-0.4, -0.2) is 13.5 Å². The molecular formula is C13H13NO3S. The molecule has 0 aliphatic rings. The Labute approximate surface area is 106 Å². The van der Waals surface area contributed by atoms with Crippen LogP contribution in [-0.2, 0) is 16.6 Å². The molecule has 2 rings (SSSR count). The molecular weight excluding hydrogens is 250 g/mol. The van der Waals surface area contributed by atoms with Crippen LogP contribution in [0.3, 0.4) is 0 Å². The van der Waals surface area contributed by atoms with Crippen LogP contribution in [0.25, 0.3) is 11.1 Å². The fourth-order valence-electron chi connectivity index (χ4n) is 1.66. The molecule has 0 saturated heterocycles. The fourth-order valence-corrected chi connectivity index (χ4v) is 2.21. The minimum absolute atomic E-state index is 0.0164. The molecule has 0 fully saturated rings. The second kappa shape index (κ2) is 4.89. The second-order valence-corrected chi connectivity index (χ2v) is 5.49. The van der Waals surface area contributed by atoms with E-state index >= 15 is 0 Å². The van der Waals surface area contributed by atoms with Gasteiger partial charge in [-0.05, 0) is 28.8 Å². The van der Waals surface area contributed by atoms with E-state index in [4.69, 9.17) is 10.2 Å². The summed E-state index contributed by atoms with van der Waals surface area (Å²) in [6.45, 7) is -0.0164. The molecule has 94 valence electrons. The van der Waals surface area contributed by atoms with Crippen LogP contribution in [0.1, 0.15) is 5.56 Å². The van der Waals surface area contributed by atoms with E-state index in [1.165, 1.54) is 12.1 Å². The van der Waals surface area contributed by atoms with Crippen LogP contribution in [0.15, 0.2) is 53.4 Å². The molecule has 0 saturated carbocycles. The van der Waals surface area contributed by atoms with Gasteiger partial charge in [0.15, 0.2) is 0 Å². The van der Waals surface area contributed by atoms with Gasteiger partial charge in [0.2, 0.25) is 10.0 Å². The minimum Gasteiger partial charge on any atom is -0.392 e. The van der Waals surface area contributed by atoms with E-state index in [0.717, 1.165) is 16.7 Å². The van der Waals surface area contributed by atoms with E-state index in [2.05, 4.69) is 0 Å². The van der Waals surface area contributed by atoms with E-state index in [1.54, 1.807) is 18.2 Å². The van der Waals surface area contributed by atoms with Crippen molar-refractivity contribution in [1.29, 1.82) is 0 Å². The number of aliphatic hydroxyl groups excluding tert-OH is 1. The summed E-state index contributed by atoms with van der Waals surface area (Å²) in [4.78, 5) is 0.0891. The molecule has 0 bridgehead atoms. The zero-order valence-corrected chi connectivity index (χ0v) is 10.4. The summed E-state index contributed by atoms with van der Waals surface area (Å²) in [5, 5.41) is 14.0. The lowest BCUT2D eigenvalue weighted by Gasteiger charge is -2.05. The van der Waals surface area contributed by atoms with Gasteiger partial charge in [-0.1, -0.05) is 36.4 Å². The smallest absolute Gasteiger partial charge is 0.238 e. The maximum Gasteiger partial charge on any atom is 0.238 e. The van der Waals surface area contributed by atoms with Gasteiger partial charge >= 0.3 is 0 Å². The van der Waals surface area contributed by atoms with E-state index < -0.39 is 10.0 Å². The van der Waals surface area contributed by atoms with Crippen molar-refractivity contribution in [3.63, 3.8) is 0 Å². The molecule has 0 aliphatic carbocycles. The number of primary sulfonamides is 1. The fraction of sp³-hybridized carbons (Fsp3) is 0.0769. The maximum atomic E-state index is 11.3. The topological polar surface area (TPSA) is 80.4 Å². The van der Waals surface area contributed by atoms with Crippen molar-refractivity contribution in [2.24, 2.45) is 5.14 Å². The molecule has 18 heavy (non-hydrogen) atoms. The molecule has 0 atom stereocenters. The number of benzene rings is 2. The largest absolute Gasteiger partial charge is 0.392 e. The summed E-state index contributed by atoms with van der Waals surface area (Å²) in [5.74, 6) is 0. The van der Waals surface area contributed by atoms with Crippen LogP contribution < -0.4 is 5.14 Å². The van der Waals surface area contributed by atoms with Crippen LogP contribution in [0.4, 0.5) is 0 Å². The van der Waals surface area contributed by atoms with Crippen LogP contribution in [0.5, 0.6) is 0 Å². The normalized spacial score (nSPS) is 11.4. The molecule has 3 N–H and O–H groups in total. The van der Waals surface area contributed by atoms with Gasteiger partial charge in [0, 0.05) is 0 Å². The Morgan fingerprint density at radius 1 is 1.00 bits per heavy atom. The third-order valence-electron chi connectivity index (χ3n) is 2.63. The summed E-state index contributed by atoms with van der Waals surface area (Å²) in [5.41, 5.74) is 2.45. The first-order chi connectivity index (χ1) is 8.50. The van der Waals surface area contributed by atoms with Gasteiger partial charge in [-0.2, -0.15) is 0 Å². The molecule has 4 nitrogen and oxygen atoms in total. The Bertz CT molecular complexity index is 648. The van der Waals surface area contributed by atoms with Crippen molar-refractivity contribution >= 4 is 10.0 Å². The second-order valence-electron chi connectivity index (χ2n) is 3.93. The highest BCUT2D eigenvalue weighted by Crippen LogP contribution is 2.22. The summed E-state index contributed by atoms with van der Waals surface area (Å²) in [7, 11) is -3.69. The first-order valence-corrected chi connectivity index (χ1v) is 6.88. The standard InChI is InChI=1S/C13H13NO3S/c14-18(16,17)13-3-1-2-12(8-13)11-6-4-10(9-15)5-7-11/h1-8,15H,9H2,(H2,14,16,17). The first-order valence-electron chi connectivity index (χ1n) is 5.34. The summed E-state index contributed by atoms with van der Waals surface area (Å²) < 4.78 is 22.5. The molecule has 0 spiro atoms. The van der Waals surface area contributed by atoms with Crippen molar-refractivity contribution in [2.75, 3.05) is 0 Å². The van der Waals surface area contributed by atoms with Crippen molar-refractivity contribution < 1.29 is 13.5 Å². The van der Waals surface area contributed by atoms with E-state index in [0.29, 0.717) is 0 Å². The van der Waals surface area contributed by atoms with Crippen molar-refractivity contribution in [2.45, 2.75) is 11.5 Å². The van der Waals surface area contributed by atoms with Gasteiger partial charge in [0.25, 0.3) is 0 Å². The molecule has 0 aliphatic heterocycles. The highest BCUT2D eigenvalue weighted by molar-refractivity contribution is 7.89. The van der Waals surface area contributed by atoms with E-state index in [1.807, 2.05) is 18.2 Å². The zero-order chi connectivity index (χ0) is 13.2. The lowest BCUT2D eigenvalue weighted by atomic mass is 10.0. The highest BCUT2D eigenvalue weighted by Gasteiger charge is 2.08. The highest BCUT2D eigenvalue weighted by atomic mass is 32.2. The molecule has 0 heterocycles. The van der Waals surface area contributed by atoms with Crippen molar-refractivity contribution in [3.05, 3.63) is 54.1 Å². The average Bonchev–Trinajstić information content (AvgIpc) is 2.38. The van der Waals surface area contributed by atoms with E-state index in [9.17, 15) is 8.42 Å². The third kappa shape index (κ3) is 2.76. The van der Waals surface area contributed by atoms with Crippen LogP contribution in [0, 0.1) is 0 Å².